The highest BCUT2D eigenvalue weighted by Gasteiger charge is 2.22. The van der Waals surface area contributed by atoms with Crippen molar-refractivity contribution in [1.82, 2.24) is 14.7 Å². The van der Waals surface area contributed by atoms with Gasteiger partial charge < -0.3 is 18.7 Å². The molecule has 176 valence electrons. The quantitative estimate of drug-likeness (QED) is 0.389. The van der Waals surface area contributed by atoms with E-state index < -0.39 is 0 Å². The summed E-state index contributed by atoms with van der Waals surface area (Å²) in [6.07, 6.45) is 4.97. The highest BCUT2D eigenvalue weighted by molar-refractivity contribution is 5.86. The maximum absolute atomic E-state index is 15.1. The van der Waals surface area contributed by atoms with Crippen molar-refractivity contribution in [2.24, 2.45) is 0 Å². The fraction of sp³-hybridized carbons (Fsp3) is 0.346. The van der Waals surface area contributed by atoms with E-state index in [4.69, 9.17) is 9.26 Å². The molecule has 5 rings (SSSR count). The van der Waals surface area contributed by atoms with Crippen molar-refractivity contribution in [3.05, 3.63) is 58.6 Å². The lowest BCUT2D eigenvalue weighted by Gasteiger charge is -2.29. The first-order valence-electron chi connectivity index (χ1n) is 11.8. The van der Waals surface area contributed by atoms with Crippen molar-refractivity contribution in [1.29, 1.82) is 0 Å². The molecule has 1 aliphatic rings. The minimum absolute atomic E-state index is 0.0934. The van der Waals surface area contributed by atoms with Gasteiger partial charge in [0.15, 0.2) is 0 Å². The van der Waals surface area contributed by atoms with Crippen LogP contribution in [0.4, 0.5) is 10.1 Å². The second-order valence-corrected chi connectivity index (χ2v) is 8.38. The number of para-hydroxylation sites is 1. The first-order chi connectivity index (χ1) is 16.6. The topological polar surface area (TPSA) is 73.4 Å². The van der Waals surface area contributed by atoms with Crippen LogP contribution in [0.5, 0.6) is 5.75 Å². The van der Waals surface area contributed by atoms with Crippen LogP contribution in [0.1, 0.15) is 33.1 Å². The number of anilines is 1. The molecule has 0 atom stereocenters. The Morgan fingerprint density at radius 1 is 1.09 bits per heavy atom. The Morgan fingerprint density at radius 3 is 2.65 bits per heavy atom. The minimum atomic E-state index is -0.386. The SMILES string of the molecule is CCOc1ccccc1-c1noc(-c2cn(CC)c3cc(N4CCCCC4)c(F)cc3c2=O)n1. The highest BCUT2D eigenvalue weighted by Crippen LogP contribution is 2.31. The maximum Gasteiger partial charge on any atom is 0.263 e. The number of aromatic nitrogens is 3. The smallest absolute Gasteiger partial charge is 0.263 e. The van der Waals surface area contributed by atoms with Crippen LogP contribution in [0.15, 0.2) is 51.9 Å². The lowest BCUT2D eigenvalue weighted by atomic mass is 10.1. The molecule has 34 heavy (non-hydrogen) atoms. The molecule has 0 bridgehead atoms. The van der Waals surface area contributed by atoms with Crippen LogP contribution < -0.4 is 15.1 Å². The van der Waals surface area contributed by atoms with Crippen molar-refractivity contribution in [3.8, 4) is 28.6 Å². The third-order valence-corrected chi connectivity index (χ3v) is 6.27. The summed E-state index contributed by atoms with van der Waals surface area (Å²) in [4.78, 5) is 19.9. The normalized spacial score (nSPS) is 14.0. The number of piperidine rings is 1. The van der Waals surface area contributed by atoms with Gasteiger partial charge in [-0.15, -0.1) is 0 Å². The number of hydrogen-bond donors (Lipinski definition) is 0. The Hall–Kier alpha value is -3.68. The van der Waals surface area contributed by atoms with Crippen molar-refractivity contribution in [2.75, 3.05) is 24.6 Å². The molecule has 4 aromatic rings. The van der Waals surface area contributed by atoms with E-state index in [-0.39, 0.29) is 22.7 Å². The number of halogens is 1. The third kappa shape index (κ3) is 3.93. The van der Waals surface area contributed by atoms with Crippen LogP contribution in [-0.4, -0.2) is 34.4 Å². The first-order valence-corrected chi connectivity index (χ1v) is 11.8. The van der Waals surface area contributed by atoms with E-state index in [1.54, 1.807) is 12.3 Å². The summed E-state index contributed by atoms with van der Waals surface area (Å²) >= 11 is 0. The van der Waals surface area contributed by atoms with Gasteiger partial charge in [0.1, 0.15) is 17.1 Å². The summed E-state index contributed by atoms with van der Waals surface area (Å²) in [5, 5.41) is 4.38. The molecule has 0 saturated carbocycles. The van der Waals surface area contributed by atoms with Gasteiger partial charge in [0, 0.05) is 31.2 Å². The van der Waals surface area contributed by atoms with Gasteiger partial charge in [-0.25, -0.2) is 4.39 Å². The summed E-state index contributed by atoms with van der Waals surface area (Å²) in [6.45, 7) is 6.63. The fourth-order valence-electron chi connectivity index (χ4n) is 4.57. The van der Waals surface area contributed by atoms with Gasteiger partial charge in [-0.1, -0.05) is 17.3 Å². The molecule has 0 radical (unpaired) electrons. The number of aryl methyl sites for hydroxylation is 1. The summed E-state index contributed by atoms with van der Waals surface area (Å²) in [7, 11) is 0. The molecule has 7 nitrogen and oxygen atoms in total. The summed E-state index contributed by atoms with van der Waals surface area (Å²) in [6, 6.07) is 10.5. The second-order valence-electron chi connectivity index (χ2n) is 8.38. The van der Waals surface area contributed by atoms with Gasteiger partial charge in [-0.05, 0) is 57.4 Å². The van der Waals surface area contributed by atoms with Gasteiger partial charge in [-0.3, -0.25) is 4.79 Å². The maximum atomic E-state index is 15.1. The van der Waals surface area contributed by atoms with Crippen LogP contribution in [0.25, 0.3) is 33.7 Å². The largest absolute Gasteiger partial charge is 0.493 e. The van der Waals surface area contributed by atoms with E-state index >= 15 is 4.39 Å². The van der Waals surface area contributed by atoms with Crippen LogP contribution in [-0.2, 0) is 6.54 Å². The van der Waals surface area contributed by atoms with Gasteiger partial charge in [-0.2, -0.15) is 4.98 Å². The minimum Gasteiger partial charge on any atom is -0.493 e. The van der Waals surface area contributed by atoms with Crippen molar-refractivity contribution in [3.63, 3.8) is 0 Å². The molecule has 8 heteroatoms. The Labute approximate surface area is 196 Å². The third-order valence-electron chi connectivity index (χ3n) is 6.27. The molecule has 0 N–H and O–H groups in total. The molecule has 1 saturated heterocycles. The standard InChI is InChI=1S/C26H27FN4O3/c1-3-30-16-19(26-28-25(29-34-26)17-10-6-7-11-23(17)33-4-2)24(32)18-14-20(27)22(15-21(18)30)31-12-8-5-9-13-31/h6-7,10-11,14-16H,3-5,8-9,12-13H2,1-2H3. The Morgan fingerprint density at radius 2 is 1.88 bits per heavy atom. The van der Waals surface area contributed by atoms with Crippen LogP contribution in [0.2, 0.25) is 0 Å². The number of rotatable bonds is 6. The average Bonchev–Trinajstić information content (AvgIpc) is 3.35. The zero-order valence-corrected chi connectivity index (χ0v) is 19.4. The summed E-state index contributed by atoms with van der Waals surface area (Å²) in [5.41, 5.74) is 1.83. The predicted molar refractivity (Wildman–Crippen MR) is 130 cm³/mol. The monoisotopic (exact) mass is 462 g/mol. The van der Waals surface area contributed by atoms with Crippen molar-refractivity contribution >= 4 is 16.6 Å². The number of hydrogen-bond acceptors (Lipinski definition) is 6. The zero-order chi connectivity index (χ0) is 23.7. The number of fused-ring (bicyclic) bond motifs is 1. The van der Waals surface area contributed by atoms with E-state index in [1.807, 2.05) is 42.7 Å². The van der Waals surface area contributed by atoms with E-state index in [1.165, 1.54) is 6.07 Å². The molecular formula is C26H27FN4O3. The van der Waals surface area contributed by atoms with E-state index in [0.29, 0.717) is 46.9 Å². The summed E-state index contributed by atoms with van der Waals surface area (Å²) in [5.74, 6) is 0.668. The number of nitrogens with zero attached hydrogens (tertiary/aromatic N) is 4. The van der Waals surface area contributed by atoms with Gasteiger partial charge in [0.05, 0.1) is 23.4 Å². The first kappa shape index (κ1) is 22.1. The zero-order valence-electron chi connectivity index (χ0n) is 19.4. The van der Waals surface area contributed by atoms with E-state index in [0.717, 1.165) is 32.4 Å². The van der Waals surface area contributed by atoms with E-state index in [9.17, 15) is 4.79 Å². The fourth-order valence-corrected chi connectivity index (χ4v) is 4.57. The molecular weight excluding hydrogens is 435 g/mol. The molecule has 2 aromatic heterocycles. The number of ether oxygens (including phenoxy) is 1. The van der Waals surface area contributed by atoms with E-state index in [2.05, 4.69) is 15.0 Å². The molecule has 3 heterocycles. The molecule has 1 aliphatic heterocycles. The number of benzene rings is 2. The van der Waals surface area contributed by atoms with Gasteiger partial charge in [0.25, 0.3) is 5.89 Å². The lowest BCUT2D eigenvalue weighted by molar-refractivity contribution is 0.341. The second kappa shape index (κ2) is 9.29. The molecule has 2 aromatic carbocycles. The predicted octanol–water partition coefficient (Wildman–Crippen LogP) is 5.27. The molecule has 0 spiro atoms. The summed E-state index contributed by atoms with van der Waals surface area (Å²) < 4.78 is 28.2. The Bertz CT molecular complexity index is 1390. The van der Waals surface area contributed by atoms with Crippen molar-refractivity contribution < 1.29 is 13.7 Å². The number of pyridine rings is 1. The van der Waals surface area contributed by atoms with Gasteiger partial charge in [0.2, 0.25) is 11.3 Å². The van der Waals surface area contributed by atoms with Crippen LogP contribution in [0.3, 0.4) is 0 Å². The van der Waals surface area contributed by atoms with Crippen LogP contribution >= 0.6 is 0 Å². The Kier molecular flexibility index (Phi) is 6.04. The highest BCUT2D eigenvalue weighted by atomic mass is 19.1. The molecule has 0 amide bonds. The Balaban J connectivity index is 1.60. The van der Waals surface area contributed by atoms with Crippen molar-refractivity contribution in [2.45, 2.75) is 39.7 Å². The van der Waals surface area contributed by atoms with Gasteiger partial charge >= 0.3 is 0 Å². The molecule has 0 unspecified atom stereocenters. The lowest BCUT2D eigenvalue weighted by Crippen LogP contribution is -2.30. The molecule has 0 aliphatic carbocycles. The van der Waals surface area contributed by atoms with Crippen LogP contribution in [0, 0.1) is 5.82 Å². The average molecular weight is 463 g/mol. The molecule has 1 fully saturated rings.